The SMILES string of the molecule is C=CC1=CC[C@H]2C(=O)C(c3ccccc3)=CC(=O)[C@@]2(c2ccccc2)[C@H]1c1c(O)ccc2ccccc12. The number of hydrogen-bond donors (Lipinski definition) is 1. The van der Waals surface area contributed by atoms with Crippen molar-refractivity contribution in [3.63, 3.8) is 0 Å². The van der Waals surface area contributed by atoms with Gasteiger partial charge in [0.2, 0.25) is 0 Å². The monoisotopic (exact) mass is 482 g/mol. The van der Waals surface area contributed by atoms with Crippen molar-refractivity contribution in [2.75, 3.05) is 0 Å². The molecule has 2 aliphatic rings. The summed E-state index contributed by atoms with van der Waals surface area (Å²) in [4.78, 5) is 28.9. The summed E-state index contributed by atoms with van der Waals surface area (Å²) in [6.45, 7) is 4.08. The predicted octanol–water partition coefficient (Wildman–Crippen LogP) is 6.93. The predicted molar refractivity (Wildman–Crippen MR) is 147 cm³/mol. The Kier molecular flexibility index (Phi) is 5.49. The first-order chi connectivity index (χ1) is 18.1. The van der Waals surface area contributed by atoms with Crippen LogP contribution in [0.25, 0.3) is 16.3 Å². The maximum atomic E-state index is 14.6. The van der Waals surface area contributed by atoms with E-state index in [2.05, 4.69) is 6.58 Å². The van der Waals surface area contributed by atoms with Crippen molar-refractivity contribution in [2.24, 2.45) is 5.92 Å². The molecule has 0 spiro atoms. The number of benzene rings is 4. The minimum absolute atomic E-state index is 0.0567. The van der Waals surface area contributed by atoms with Crippen LogP contribution in [0.1, 0.15) is 29.0 Å². The van der Waals surface area contributed by atoms with Crippen LogP contribution < -0.4 is 0 Å². The molecule has 0 aromatic heterocycles. The van der Waals surface area contributed by atoms with E-state index in [1.54, 1.807) is 12.1 Å². The highest BCUT2D eigenvalue weighted by Crippen LogP contribution is 2.59. The van der Waals surface area contributed by atoms with Crippen molar-refractivity contribution in [3.05, 3.63) is 144 Å². The Morgan fingerprint density at radius 1 is 0.838 bits per heavy atom. The van der Waals surface area contributed by atoms with Gasteiger partial charge in [0.05, 0.1) is 5.41 Å². The average Bonchev–Trinajstić information content (AvgIpc) is 2.95. The van der Waals surface area contributed by atoms with Crippen molar-refractivity contribution in [1.82, 2.24) is 0 Å². The number of phenols is 1. The Labute approximate surface area is 216 Å². The highest BCUT2D eigenvalue weighted by atomic mass is 16.3. The first-order valence-corrected chi connectivity index (χ1v) is 12.5. The molecule has 0 fully saturated rings. The Morgan fingerprint density at radius 3 is 2.24 bits per heavy atom. The Balaban J connectivity index is 1.71. The summed E-state index contributed by atoms with van der Waals surface area (Å²) in [5, 5.41) is 13.1. The second-order valence-corrected chi connectivity index (χ2v) is 9.74. The van der Waals surface area contributed by atoms with E-state index in [0.717, 1.165) is 27.5 Å². The van der Waals surface area contributed by atoms with Crippen LogP contribution in [0.5, 0.6) is 5.75 Å². The number of Topliss-reactive ketones (excluding diaryl/α,β-unsaturated/α-hetero) is 1. The van der Waals surface area contributed by atoms with Crippen LogP contribution in [0, 0.1) is 5.92 Å². The number of rotatable bonds is 4. The molecule has 2 aliphatic carbocycles. The van der Waals surface area contributed by atoms with Crippen LogP contribution in [0.2, 0.25) is 0 Å². The molecule has 0 amide bonds. The quantitative estimate of drug-likeness (QED) is 0.343. The van der Waals surface area contributed by atoms with Crippen molar-refractivity contribution < 1.29 is 14.7 Å². The minimum Gasteiger partial charge on any atom is -0.508 e. The highest BCUT2D eigenvalue weighted by molar-refractivity contribution is 6.31. The molecule has 0 unspecified atom stereocenters. The highest BCUT2D eigenvalue weighted by Gasteiger charge is 2.59. The second-order valence-electron chi connectivity index (χ2n) is 9.74. The summed E-state index contributed by atoms with van der Waals surface area (Å²) in [5.41, 5.74) is 2.21. The summed E-state index contributed by atoms with van der Waals surface area (Å²) in [6.07, 6.45) is 5.72. The standard InChI is InChI=1S/C34H26O3/c1-2-22-17-19-28-33(37)27(23-11-5-3-6-12-23)21-30(36)34(28,25-14-7-4-8-15-25)32(22)31-26-16-10-9-13-24(26)18-20-29(31)35/h2-18,20-21,28,32,35H,1,19H2/t28-,32+,34-/m0/s1. The van der Waals surface area contributed by atoms with E-state index in [-0.39, 0.29) is 17.3 Å². The van der Waals surface area contributed by atoms with Gasteiger partial charge in [-0.05, 0) is 46.0 Å². The van der Waals surface area contributed by atoms with E-state index in [9.17, 15) is 14.7 Å². The van der Waals surface area contributed by atoms with Gasteiger partial charge in [0.15, 0.2) is 11.6 Å². The molecule has 4 aromatic rings. The lowest BCUT2D eigenvalue weighted by atomic mass is 9.49. The summed E-state index contributed by atoms with van der Waals surface area (Å²) in [7, 11) is 0. The molecule has 3 atom stereocenters. The Hall–Kier alpha value is -4.50. The van der Waals surface area contributed by atoms with Gasteiger partial charge in [-0.1, -0.05) is 110 Å². The third kappa shape index (κ3) is 3.35. The van der Waals surface area contributed by atoms with Gasteiger partial charge < -0.3 is 5.11 Å². The first-order valence-electron chi connectivity index (χ1n) is 12.5. The van der Waals surface area contributed by atoms with Gasteiger partial charge in [-0.15, -0.1) is 0 Å². The van der Waals surface area contributed by atoms with Gasteiger partial charge in [0, 0.05) is 23.0 Å². The smallest absolute Gasteiger partial charge is 0.168 e. The van der Waals surface area contributed by atoms with Crippen molar-refractivity contribution in [2.45, 2.75) is 17.8 Å². The lowest BCUT2D eigenvalue weighted by Gasteiger charge is -2.50. The molecule has 3 heteroatoms. The average molecular weight is 483 g/mol. The Bertz CT molecular complexity index is 1610. The molecule has 0 aliphatic heterocycles. The molecule has 180 valence electrons. The minimum atomic E-state index is -1.23. The van der Waals surface area contributed by atoms with Crippen molar-refractivity contribution in [1.29, 1.82) is 0 Å². The number of carbonyl (C=O) groups excluding carboxylic acids is 2. The largest absolute Gasteiger partial charge is 0.508 e. The lowest BCUT2D eigenvalue weighted by molar-refractivity contribution is -0.131. The van der Waals surface area contributed by atoms with E-state index in [4.69, 9.17) is 0 Å². The topological polar surface area (TPSA) is 54.4 Å². The fourth-order valence-corrected chi connectivity index (χ4v) is 6.41. The lowest BCUT2D eigenvalue weighted by Crippen LogP contribution is -2.54. The number of ketones is 2. The fraction of sp³-hybridized carbons (Fsp3) is 0.118. The number of aromatic hydroxyl groups is 1. The third-order valence-electron chi connectivity index (χ3n) is 8.00. The first kappa shape index (κ1) is 22.9. The normalized spacial score (nSPS) is 23.2. The fourth-order valence-electron chi connectivity index (χ4n) is 6.41. The molecule has 4 aromatic carbocycles. The molecular formula is C34H26O3. The maximum Gasteiger partial charge on any atom is 0.168 e. The molecule has 1 N–H and O–H groups in total. The van der Waals surface area contributed by atoms with Crippen LogP contribution in [0.4, 0.5) is 0 Å². The summed E-state index contributed by atoms with van der Waals surface area (Å²) < 4.78 is 0. The third-order valence-corrected chi connectivity index (χ3v) is 8.00. The van der Waals surface area contributed by atoms with Crippen LogP contribution in [-0.2, 0) is 15.0 Å². The van der Waals surface area contributed by atoms with Gasteiger partial charge in [-0.25, -0.2) is 0 Å². The van der Waals surface area contributed by atoms with Gasteiger partial charge in [-0.2, -0.15) is 0 Å². The number of phenolic OH excluding ortho intramolecular Hbond substituents is 1. The number of fused-ring (bicyclic) bond motifs is 2. The number of hydrogen-bond acceptors (Lipinski definition) is 3. The second kappa shape index (κ2) is 8.86. The van der Waals surface area contributed by atoms with Gasteiger partial charge in [0.1, 0.15) is 5.75 Å². The molecule has 0 saturated heterocycles. The van der Waals surface area contributed by atoms with Crippen LogP contribution in [0.3, 0.4) is 0 Å². The molecular weight excluding hydrogens is 456 g/mol. The number of allylic oxidation sites excluding steroid dienone is 5. The zero-order valence-electron chi connectivity index (χ0n) is 20.3. The number of carbonyl (C=O) groups is 2. The van der Waals surface area contributed by atoms with E-state index in [0.29, 0.717) is 17.6 Å². The molecule has 3 nitrogen and oxygen atoms in total. The van der Waals surface area contributed by atoms with Crippen LogP contribution >= 0.6 is 0 Å². The van der Waals surface area contributed by atoms with E-state index in [1.165, 1.54) is 6.08 Å². The van der Waals surface area contributed by atoms with Crippen molar-refractivity contribution >= 4 is 27.9 Å². The Morgan fingerprint density at radius 2 is 1.51 bits per heavy atom. The van der Waals surface area contributed by atoms with E-state index >= 15 is 0 Å². The molecule has 6 rings (SSSR count). The zero-order chi connectivity index (χ0) is 25.6. The van der Waals surface area contributed by atoms with E-state index in [1.807, 2.05) is 97.1 Å². The molecule has 0 saturated carbocycles. The van der Waals surface area contributed by atoms with Gasteiger partial charge in [-0.3, -0.25) is 9.59 Å². The van der Waals surface area contributed by atoms with Crippen molar-refractivity contribution in [3.8, 4) is 5.75 Å². The molecule has 0 heterocycles. The van der Waals surface area contributed by atoms with Gasteiger partial charge >= 0.3 is 0 Å². The summed E-state index contributed by atoms with van der Waals surface area (Å²) in [5.74, 6) is -1.31. The van der Waals surface area contributed by atoms with Gasteiger partial charge in [0.25, 0.3) is 0 Å². The maximum absolute atomic E-state index is 14.6. The van der Waals surface area contributed by atoms with E-state index < -0.39 is 17.3 Å². The van der Waals surface area contributed by atoms with Crippen LogP contribution in [0.15, 0.2) is 127 Å². The molecule has 0 bridgehead atoms. The molecule has 0 radical (unpaired) electrons. The summed E-state index contributed by atoms with van der Waals surface area (Å²) >= 11 is 0. The zero-order valence-corrected chi connectivity index (χ0v) is 20.3. The summed E-state index contributed by atoms with van der Waals surface area (Å²) in [6, 6.07) is 30.4. The molecule has 37 heavy (non-hydrogen) atoms. The van der Waals surface area contributed by atoms with Crippen LogP contribution in [-0.4, -0.2) is 16.7 Å².